The first-order chi connectivity index (χ1) is 5.79. The number of pyridine rings is 1. The lowest BCUT2D eigenvalue weighted by molar-refractivity contribution is 0.380. The lowest BCUT2D eigenvalue weighted by Gasteiger charge is -1.89. The molecule has 5 heteroatoms. The minimum atomic E-state index is 0.345. The first kappa shape index (κ1) is 7.36. The van der Waals surface area contributed by atoms with Gasteiger partial charge in [-0.3, -0.25) is 0 Å². The third kappa shape index (κ3) is 1.10. The number of rotatable bonds is 1. The summed E-state index contributed by atoms with van der Waals surface area (Å²) in [6.07, 6.45) is 1.67. The van der Waals surface area contributed by atoms with Gasteiger partial charge >= 0.3 is 6.01 Å². The number of nitrogens with zero attached hydrogens (tertiary/aromatic N) is 3. The minimum Gasteiger partial charge on any atom is -0.466 e. The fourth-order valence-electron chi connectivity index (χ4n) is 0.924. The maximum absolute atomic E-state index is 5.74. The Hall–Kier alpha value is -1.29. The van der Waals surface area contributed by atoms with Crippen molar-refractivity contribution in [3.05, 3.63) is 23.4 Å². The molecule has 0 aliphatic rings. The molecule has 2 aromatic rings. The first-order valence-corrected chi connectivity index (χ1v) is 3.73. The Bertz CT molecular complexity index is 412. The van der Waals surface area contributed by atoms with Gasteiger partial charge in [-0.25, -0.2) is 4.52 Å². The summed E-state index contributed by atoms with van der Waals surface area (Å²) in [4.78, 5) is 4.04. The van der Waals surface area contributed by atoms with Crippen LogP contribution in [0.2, 0.25) is 5.02 Å². The molecule has 0 unspecified atom stereocenters. The van der Waals surface area contributed by atoms with E-state index in [-0.39, 0.29) is 0 Å². The van der Waals surface area contributed by atoms with Gasteiger partial charge in [0.05, 0.1) is 12.1 Å². The van der Waals surface area contributed by atoms with E-state index in [0.29, 0.717) is 11.0 Å². The van der Waals surface area contributed by atoms with Crippen LogP contribution in [-0.4, -0.2) is 21.7 Å². The zero-order chi connectivity index (χ0) is 8.55. The SMILES string of the molecule is COc1nc2ccc(Cl)cn2n1. The monoisotopic (exact) mass is 183 g/mol. The van der Waals surface area contributed by atoms with Crippen LogP contribution in [0.4, 0.5) is 0 Å². The van der Waals surface area contributed by atoms with E-state index in [9.17, 15) is 0 Å². The van der Waals surface area contributed by atoms with Crippen LogP contribution in [0.15, 0.2) is 18.3 Å². The highest BCUT2D eigenvalue weighted by Gasteiger charge is 2.01. The number of halogens is 1. The lowest BCUT2D eigenvalue weighted by Crippen LogP contribution is -1.87. The van der Waals surface area contributed by atoms with Crippen LogP contribution >= 0.6 is 11.6 Å². The fourth-order valence-corrected chi connectivity index (χ4v) is 1.08. The second kappa shape index (κ2) is 2.64. The van der Waals surface area contributed by atoms with Crippen molar-refractivity contribution in [1.29, 1.82) is 0 Å². The van der Waals surface area contributed by atoms with Gasteiger partial charge in [0.1, 0.15) is 0 Å². The van der Waals surface area contributed by atoms with Crippen LogP contribution in [0.3, 0.4) is 0 Å². The summed E-state index contributed by atoms with van der Waals surface area (Å²) in [7, 11) is 1.52. The molecule has 0 saturated carbocycles. The molecular formula is C7H6ClN3O. The number of ether oxygens (including phenoxy) is 1. The Morgan fingerprint density at radius 2 is 2.33 bits per heavy atom. The van der Waals surface area contributed by atoms with E-state index >= 15 is 0 Å². The molecule has 12 heavy (non-hydrogen) atoms. The van der Waals surface area contributed by atoms with Gasteiger partial charge in [-0.1, -0.05) is 11.6 Å². The Balaban J connectivity index is 2.67. The standard InChI is InChI=1S/C7H6ClN3O/c1-12-7-9-6-3-2-5(8)4-11(6)10-7/h2-4H,1H3. The van der Waals surface area contributed by atoms with Crippen LogP contribution in [-0.2, 0) is 0 Å². The molecule has 0 aliphatic heterocycles. The van der Waals surface area contributed by atoms with E-state index in [2.05, 4.69) is 10.1 Å². The number of fused-ring (bicyclic) bond motifs is 1. The van der Waals surface area contributed by atoms with Gasteiger partial charge < -0.3 is 4.74 Å². The van der Waals surface area contributed by atoms with Gasteiger partial charge in [-0.2, -0.15) is 4.98 Å². The van der Waals surface area contributed by atoms with E-state index in [4.69, 9.17) is 16.3 Å². The van der Waals surface area contributed by atoms with Crippen molar-refractivity contribution in [1.82, 2.24) is 14.6 Å². The normalized spacial score (nSPS) is 10.5. The van der Waals surface area contributed by atoms with Crippen LogP contribution in [0.1, 0.15) is 0 Å². The number of aromatic nitrogens is 3. The summed E-state index contributed by atoms with van der Waals surface area (Å²) in [5, 5.41) is 4.61. The largest absolute Gasteiger partial charge is 0.466 e. The minimum absolute atomic E-state index is 0.345. The van der Waals surface area contributed by atoms with Gasteiger partial charge in [-0.15, -0.1) is 5.10 Å². The van der Waals surface area contributed by atoms with Crippen molar-refractivity contribution in [3.8, 4) is 6.01 Å². The van der Waals surface area contributed by atoms with E-state index < -0.39 is 0 Å². The highest BCUT2D eigenvalue weighted by atomic mass is 35.5. The molecule has 0 aromatic carbocycles. The van der Waals surface area contributed by atoms with Gasteiger partial charge in [0.2, 0.25) is 0 Å². The zero-order valence-electron chi connectivity index (χ0n) is 6.36. The molecule has 0 bridgehead atoms. The Labute approximate surface area is 73.7 Å². The fraction of sp³-hybridized carbons (Fsp3) is 0.143. The molecule has 4 nitrogen and oxygen atoms in total. The molecule has 2 rings (SSSR count). The van der Waals surface area contributed by atoms with Crippen molar-refractivity contribution in [3.63, 3.8) is 0 Å². The molecule has 62 valence electrons. The molecule has 0 aliphatic carbocycles. The second-order valence-corrected chi connectivity index (χ2v) is 2.69. The smallest absolute Gasteiger partial charge is 0.336 e. The molecule has 0 spiro atoms. The first-order valence-electron chi connectivity index (χ1n) is 3.35. The third-order valence-corrected chi connectivity index (χ3v) is 1.68. The molecule has 0 atom stereocenters. The highest BCUT2D eigenvalue weighted by molar-refractivity contribution is 6.30. The van der Waals surface area contributed by atoms with Crippen molar-refractivity contribution in [2.24, 2.45) is 0 Å². The molecule has 2 heterocycles. The van der Waals surface area contributed by atoms with Crippen molar-refractivity contribution in [2.75, 3.05) is 7.11 Å². The van der Waals surface area contributed by atoms with Crippen molar-refractivity contribution >= 4 is 17.2 Å². The van der Waals surface area contributed by atoms with E-state index in [1.54, 1.807) is 22.8 Å². The second-order valence-electron chi connectivity index (χ2n) is 2.25. The Morgan fingerprint density at radius 3 is 3.08 bits per heavy atom. The Morgan fingerprint density at radius 1 is 1.50 bits per heavy atom. The summed E-state index contributed by atoms with van der Waals surface area (Å²) < 4.78 is 6.42. The van der Waals surface area contributed by atoms with E-state index in [0.717, 1.165) is 5.65 Å². The van der Waals surface area contributed by atoms with Crippen molar-refractivity contribution < 1.29 is 4.74 Å². The predicted octanol–water partition coefficient (Wildman–Crippen LogP) is 1.39. The number of methoxy groups -OCH3 is 1. The van der Waals surface area contributed by atoms with Crippen LogP contribution in [0.25, 0.3) is 5.65 Å². The molecule has 0 amide bonds. The van der Waals surface area contributed by atoms with Crippen LogP contribution in [0.5, 0.6) is 6.01 Å². The maximum atomic E-state index is 5.74. The summed E-state index contributed by atoms with van der Waals surface area (Å²) in [6.45, 7) is 0. The third-order valence-electron chi connectivity index (χ3n) is 1.46. The summed E-state index contributed by atoms with van der Waals surface area (Å²) in [5.41, 5.74) is 0.719. The molecule has 0 radical (unpaired) electrons. The highest BCUT2D eigenvalue weighted by Crippen LogP contribution is 2.11. The molecule has 2 aromatic heterocycles. The summed E-state index contributed by atoms with van der Waals surface area (Å²) in [6, 6.07) is 3.88. The predicted molar refractivity (Wildman–Crippen MR) is 44.5 cm³/mol. The number of hydrogen-bond donors (Lipinski definition) is 0. The number of hydrogen-bond acceptors (Lipinski definition) is 3. The average Bonchev–Trinajstić information content (AvgIpc) is 2.46. The molecule has 0 N–H and O–H groups in total. The Kier molecular flexibility index (Phi) is 1.62. The van der Waals surface area contributed by atoms with Crippen molar-refractivity contribution in [2.45, 2.75) is 0 Å². The average molecular weight is 184 g/mol. The van der Waals surface area contributed by atoms with Crippen LogP contribution in [0, 0.1) is 0 Å². The quantitative estimate of drug-likeness (QED) is 0.671. The summed E-state index contributed by atoms with van der Waals surface area (Å²) in [5.74, 6) is 0. The summed E-state index contributed by atoms with van der Waals surface area (Å²) >= 11 is 5.74. The topological polar surface area (TPSA) is 39.4 Å². The van der Waals surface area contributed by atoms with E-state index in [1.807, 2.05) is 0 Å². The van der Waals surface area contributed by atoms with Gasteiger partial charge in [0, 0.05) is 6.20 Å². The van der Waals surface area contributed by atoms with Gasteiger partial charge in [-0.05, 0) is 12.1 Å². The molecule has 0 saturated heterocycles. The molecular weight excluding hydrogens is 178 g/mol. The lowest BCUT2D eigenvalue weighted by atomic mass is 10.5. The molecule has 0 fully saturated rings. The van der Waals surface area contributed by atoms with Gasteiger partial charge in [0.25, 0.3) is 0 Å². The van der Waals surface area contributed by atoms with Crippen LogP contribution < -0.4 is 4.74 Å². The van der Waals surface area contributed by atoms with E-state index in [1.165, 1.54) is 7.11 Å². The van der Waals surface area contributed by atoms with Gasteiger partial charge in [0.15, 0.2) is 5.65 Å². The zero-order valence-corrected chi connectivity index (χ0v) is 7.12. The maximum Gasteiger partial charge on any atom is 0.336 e.